The van der Waals surface area contributed by atoms with Crippen molar-refractivity contribution < 1.29 is 4.79 Å². The van der Waals surface area contributed by atoms with E-state index in [-0.39, 0.29) is 16.6 Å². The van der Waals surface area contributed by atoms with Gasteiger partial charge >= 0.3 is 0 Å². The van der Waals surface area contributed by atoms with E-state index in [9.17, 15) is 4.79 Å². The van der Waals surface area contributed by atoms with Crippen molar-refractivity contribution in [3.05, 3.63) is 35.9 Å². The largest absolute Gasteiger partial charge is 0.355 e. The Bertz CT molecular complexity index is 483. The fourth-order valence-corrected chi connectivity index (χ4v) is 4.12. The molecular formula is C19H30N2OS. The van der Waals surface area contributed by atoms with Crippen LogP contribution in [-0.2, 0) is 10.5 Å². The summed E-state index contributed by atoms with van der Waals surface area (Å²) < 4.78 is 0. The Hall–Kier alpha value is -1.00. The van der Waals surface area contributed by atoms with Gasteiger partial charge in [-0.1, -0.05) is 51.1 Å². The maximum absolute atomic E-state index is 12.6. The number of amides is 1. The van der Waals surface area contributed by atoms with Gasteiger partial charge in [0.25, 0.3) is 0 Å². The van der Waals surface area contributed by atoms with Crippen LogP contribution in [-0.4, -0.2) is 30.8 Å². The lowest BCUT2D eigenvalue weighted by atomic mass is 9.81. The summed E-state index contributed by atoms with van der Waals surface area (Å²) in [5.74, 6) is 1.42. The molecule has 0 aromatic heterocycles. The van der Waals surface area contributed by atoms with E-state index < -0.39 is 0 Å². The third-order valence-electron chi connectivity index (χ3n) is 4.64. The van der Waals surface area contributed by atoms with Gasteiger partial charge in [-0.3, -0.25) is 4.79 Å². The molecule has 1 aromatic carbocycles. The van der Waals surface area contributed by atoms with Gasteiger partial charge < -0.3 is 10.6 Å². The van der Waals surface area contributed by atoms with Crippen molar-refractivity contribution in [2.75, 3.05) is 19.6 Å². The quantitative estimate of drug-likeness (QED) is 0.802. The molecule has 128 valence electrons. The van der Waals surface area contributed by atoms with E-state index in [1.807, 2.05) is 6.07 Å². The first-order chi connectivity index (χ1) is 11.0. The number of piperidine rings is 1. The lowest BCUT2D eigenvalue weighted by molar-refractivity contribution is -0.121. The first-order valence-corrected chi connectivity index (χ1v) is 9.69. The zero-order chi connectivity index (χ0) is 16.7. The molecule has 1 heterocycles. The third kappa shape index (κ3) is 5.85. The van der Waals surface area contributed by atoms with E-state index in [0.29, 0.717) is 5.92 Å². The second-order valence-electron chi connectivity index (χ2n) is 7.24. The number of nitrogens with one attached hydrogen (secondary N) is 2. The molecule has 0 aliphatic carbocycles. The van der Waals surface area contributed by atoms with Crippen molar-refractivity contribution in [1.82, 2.24) is 10.6 Å². The smallest absolute Gasteiger partial charge is 0.233 e. The molecule has 1 amide bonds. The van der Waals surface area contributed by atoms with E-state index in [1.165, 1.54) is 5.56 Å². The minimum absolute atomic E-state index is 0.0144. The molecular weight excluding hydrogens is 304 g/mol. The average Bonchev–Trinajstić information content (AvgIpc) is 2.54. The first kappa shape index (κ1) is 18.3. The van der Waals surface area contributed by atoms with Gasteiger partial charge in [-0.05, 0) is 42.8 Å². The van der Waals surface area contributed by atoms with E-state index in [1.54, 1.807) is 11.8 Å². The third-order valence-corrected chi connectivity index (χ3v) is 6.25. The molecule has 2 rings (SSSR count). The first-order valence-electron chi connectivity index (χ1n) is 8.64. The normalized spacial score (nSPS) is 18.6. The molecule has 1 atom stereocenters. The number of carbonyl (C=O) groups excluding carboxylic acids is 1. The zero-order valence-electron chi connectivity index (χ0n) is 14.6. The van der Waals surface area contributed by atoms with Crippen molar-refractivity contribution in [3.63, 3.8) is 0 Å². The number of benzene rings is 1. The van der Waals surface area contributed by atoms with Crippen LogP contribution in [0.25, 0.3) is 0 Å². The summed E-state index contributed by atoms with van der Waals surface area (Å²) in [6, 6.07) is 10.4. The molecule has 1 aliphatic rings. The van der Waals surface area contributed by atoms with Crippen LogP contribution in [0.4, 0.5) is 0 Å². The Morgan fingerprint density at radius 3 is 2.52 bits per heavy atom. The maximum Gasteiger partial charge on any atom is 0.233 e. The Balaban J connectivity index is 1.85. The number of thioether (sulfide) groups is 1. The van der Waals surface area contributed by atoms with Gasteiger partial charge in [0, 0.05) is 12.3 Å². The Kier molecular flexibility index (Phi) is 6.97. The van der Waals surface area contributed by atoms with Crippen LogP contribution in [0.3, 0.4) is 0 Å². The summed E-state index contributed by atoms with van der Waals surface area (Å²) in [5, 5.41) is 6.63. The van der Waals surface area contributed by atoms with Gasteiger partial charge in [-0.25, -0.2) is 0 Å². The van der Waals surface area contributed by atoms with Crippen LogP contribution < -0.4 is 10.6 Å². The molecule has 0 radical (unpaired) electrons. The molecule has 4 heteroatoms. The highest BCUT2D eigenvalue weighted by molar-refractivity contribution is 7.99. The SMILES string of the molecule is CC(C)C(SCc1ccccc1)C(=O)NCC1(C)CCNCC1. The lowest BCUT2D eigenvalue weighted by Gasteiger charge is -2.34. The summed E-state index contributed by atoms with van der Waals surface area (Å²) in [6.07, 6.45) is 2.27. The Morgan fingerprint density at radius 1 is 1.26 bits per heavy atom. The second kappa shape index (κ2) is 8.74. The minimum Gasteiger partial charge on any atom is -0.355 e. The monoisotopic (exact) mass is 334 g/mol. The predicted octanol–water partition coefficient (Wildman–Crippen LogP) is 3.45. The molecule has 1 saturated heterocycles. The topological polar surface area (TPSA) is 41.1 Å². The Labute approximate surface area is 145 Å². The van der Waals surface area contributed by atoms with Crippen LogP contribution in [0, 0.1) is 11.3 Å². The molecule has 23 heavy (non-hydrogen) atoms. The number of hydrogen-bond donors (Lipinski definition) is 2. The van der Waals surface area contributed by atoms with E-state index in [0.717, 1.165) is 38.2 Å². The molecule has 2 N–H and O–H groups in total. The van der Waals surface area contributed by atoms with Crippen molar-refractivity contribution in [3.8, 4) is 0 Å². The van der Waals surface area contributed by atoms with Crippen LogP contribution in [0.15, 0.2) is 30.3 Å². The van der Waals surface area contributed by atoms with Gasteiger partial charge in [-0.15, -0.1) is 11.8 Å². The van der Waals surface area contributed by atoms with E-state index in [4.69, 9.17) is 0 Å². The highest BCUT2D eigenvalue weighted by Crippen LogP contribution is 2.28. The highest BCUT2D eigenvalue weighted by Gasteiger charge is 2.29. The number of hydrogen-bond acceptors (Lipinski definition) is 3. The minimum atomic E-state index is 0.0144. The summed E-state index contributed by atoms with van der Waals surface area (Å²) in [6.45, 7) is 9.46. The Morgan fingerprint density at radius 2 is 1.91 bits per heavy atom. The van der Waals surface area contributed by atoms with Crippen molar-refractivity contribution >= 4 is 17.7 Å². The molecule has 1 aromatic rings. The summed E-state index contributed by atoms with van der Waals surface area (Å²) in [4.78, 5) is 12.6. The summed E-state index contributed by atoms with van der Waals surface area (Å²) in [5.41, 5.74) is 1.52. The van der Waals surface area contributed by atoms with Crippen LogP contribution in [0.5, 0.6) is 0 Å². The van der Waals surface area contributed by atoms with Crippen LogP contribution in [0.1, 0.15) is 39.2 Å². The van der Waals surface area contributed by atoms with Gasteiger partial charge in [0.1, 0.15) is 0 Å². The van der Waals surface area contributed by atoms with Crippen molar-refractivity contribution in [2.24, 2.45) is 11.3 Å². The van der Waals surface area contributed by atoms with Gasteiger partial charge in [0.05, 0.1) is 5.25 Å². The standard InChI is InChI=1S/C19H30N2OS/c1-15(2)17(23-13-16-7-5-4-6-8-16)18(22)21-14-19(3)9-11-20-12-10-19/h4-8,15,17,20H,9-14H2,1-3H3,(H,21,22). The van der Waals surface area contributed by atoms with Crippen LogP contribution in [0.2, 0.25) is 0 Å². The number of carbonyl (C=O) groups is 1. The fraction of sp³-hybridized carbons (Fsp3) is 0.632. The van der Waals surface area contributed by atoms with Gasteiger partial charge in [0.2, 0.25) is 5.91 Å². The summed E-state index contributed by atoms with van der Waals surface area (Å²) >= 11 is 1.75. The van der Waals surface area contributed by atoms with Crippen molar-refractivity contribution in [2.45, 2.75) is 44.6 Å². The zero-order valence-corrected chi connectivity index (χ0v) is 15.4. The highest BCUT2D eigenvalue weighted by atomic mass is 32.2. The van der Waals surface area contributed by atoms with Gasteiger partial charge in [0.15, 0.2) is 0 Å². The maximum atomic E-state index is 12.6. The predicted molar refractivity (Wildman–Crippen MR) is 99.6 cm³/mol. The fourth-order valence-electron chi connectivity index (χ4n) is 2.94. The molecule has 0 bridgehead atoms. The van der Waals surface area contributed by atoms with Gasteiger partial charge in [-0.2, -0.15) is 0 Å². The molecule has 3 nitrogen and oxygen atoms in total. The second-order valence-corrected chi connectivity index (χ2v) is 8.37. The molecule has 1 aliphatic heterocycles. The lowest BCUT2D eigenvalue weighted by Crippen LogP contribution is -2.45. The van der Waals surface area contributed by atoms with Crippen molar-refractivity contribution in [1.29, 1.82) is 0 Å². The summed E-state index contributed by atoms with van der Waals surface area (Å²) in [7, 11) is 0. The van der Waals surface area contributed by atoms with E-state index in [2.05, 4.69) is 55.7 Å². The molecule has 1 fully saturated rings. The molecule has 1 unspecified atom stereocenters. The van der Waals surface area contributed by atoms with E-state index >= 15 is 0 Å². The molecule has 0 saturated carbocycles. The number of rotatable bonds is 7. The van der Waals surface area contributed by atoms with Crippen LogP contribution >= 0.6 is 11.8 Å². The molecule has 0 spiro atoms. The average molecular weight is 335 g/mol.